The van der Waals surface area contributed by atoms with E-state index in [0.29, 0.717) is 9.46 Å². The monoisotopic (exact) mass is 322 g/mol. The summed E-state index contributed by atoms with van der Waals surface area (Å²) in [5, 5.41) is 0. The van der Waals surface area contributed by atoms with Gasteiger partial charge in [-0.2, -0.15) is 9.46 Å². The number of rotatable bonds is 6. The maximum atomic E-state index is 11.6. The Balaban J connectivity index is 1.96. The van der Waals surface area contributed by atoms with Crippen molar-refractivity contribution in [2.24, 2.45) is 11.5 Å². The predicted octanol–water partition coefficient (Wildman–Crippen LogP) is -2.72. The first kappa shape index (κ1) is 15.7. The molecule has 0 radical (unpaired) electrons. The number of primary amides is 2. The highest BCUT2D eigenvalue weighted by Gasteiger charge is 2.19. The number of imidazole rings is 2. The van der Waals surface area contributed by atoms with E-state index in [-0.39, 0.29) is 11.6 Å². The Hall–Kier alpha value is -3.70. The molecule has 0 aliphatic heterocycles. The molecule has 0 unspecified atom stereocenters. The number of carbonyl (C=O) groups is 4. The Bertz CT molecular complexity index is 713. The van der Waals surface area contributed by atoms with Crippen molar-refractivity contribution in [3.63, 3.8) is 0 Å². The average molecular weight is 322 g/mol. The first-order valence-corrected chi connectivity index (χ1v) is 5.97. The summed E-state index contributed by atoms with van der Waals surface area (Å²) >= 11 is 0. The van der Waals surface area contributed by atoms with Crippen molar-refractivity contribution < 1.29 is 28.9 Å². The molecule has 0 bridgehead atoms. The molecule has 2 aromatic heterocycles. The summed E-state index contributed by atoms with van der Waals surface area (Å²) in [6.07, 6.45) is 3.86. The van der Waals surface area contributed by atoms with Gasteiger partial charge in [0.1, 0.15) is 6.42 Å². The van der Waals surface area contributed by atoms with Crippen molar-refractivity contribution >= 4 is 23.8 Å². The smallest absolute Gasteiger partial charge is 0.344 e. The van der Waals surface area contributed by atoms with Crippen molar-refractivity contribution in [2.75, 3.05) is 0 Å². The molecule has 12 nitrogen and oxygen atoms in total. The lowest BCUT2D eigenvalue weighted by molar-refractivity contribution is -0.155. The second kappa shape index (κ2) is 6.38. The normalized spacial score (nSPS) is 10.1. The van der Waals surface area contributed by atoms with Gasteiger partial charge in [0.2, 0.25) is 11.6 Å². The van der Waals surface area contributed by atoms with Crippen LogP contribution in [-0.2, 0) is 9.59 Å². The Morgan fingerprint density at radius 3 is 1.61 bits per heavy atom. The van der Waals surface area contributed by atoms with Crippen LogP contribution in [0, 0.1) is 0 Å². The van der Waals surface area contributed by atoms with Crippen molar-refractivity contribution in [1.82, 2.24) is 19.4 Å². The molecule has 0 fully saturated rings. The minimum Gasteiger partial charge on any atom is -0.363 e. The summed E-state index contributed by atoms with van der Waals surface area (Å²) in [5.74, 6) is -4.58. The third kappa shape index (κ3) is 3.69. The molecular formula is C11H10N6O6. The summed E-state index contributed by atoms with van der Waals surface area (Å²) in [5.41, 5.74) is 10.0. The quantitative estimate of drug-likeness (QED) is 0.539. The van der Waals surface area contributed by atoms with E-state index in [1.54, 1.807) is 0 Å². The van der Waals surface area contributed by atoms with Crippen molar-refractivity contribution in [3.05, 3.63) is 36.4 Å². The number of hydrogen-bond acceptors (Lipinski definition) is 8. The summed E-state index contributed by atoms with van der Waals surface area (Å²) in [4.78, 5) is 61.8. The number of carbonyl (C=O) groups excluding carboxylic acids is 4. The topological polar surface area (TPSA) is 174 Å². The molecule has 0 saturated carbocycles. The van der Waals surface area contributed by atoms with Crippen LogP contribution in [0.25, 0.3) is 0 Å². The van der Waals surface area contributed by atoms with Gasteiger partial charge in [-0.25, -0.2) is 19.6 Å². The molecule has 0 atom stereocenters. The predicted molar refractivity (Wildman–Crippen MR) is 69.3 cm³/mol. The van der Waals surface area contributed by atoms with Crippen LogP contribution < -0.4 is 21.1 Å². The fraction of sp³-hybridized carbons (Fsp3) is 0.0909. The number of nitrogens with zero attached hydrogens (tertiary/aromatic N) is 4. The molecule has 0 aliphatic carbocycles. The SMILES string of the molecule is NC(=O)c1nccn1OC(=O)CC(=O)On1ccnc1C(N)=O. The molecule has 0 aliphatic rings. The van der Waals surface area contributed by atoms with Gasteiger partial charge in [0.15, 0.2) is 0 Å². The van der Waals surface area contributed by atoms with Crippen LogP contribution in [0.15, 0.2) is 24.8 Å². The van der Waals surface area contributed by atoms with Gasteiger partial charge in [0.25, 0.3) is 11.8 Å². The van der Waals surface area contributed by atoms with E-state index in [1.165, 1.54) is 12.4 Å². The molecule has 0 spiro atoms. The van der Waals surface area contributed by atoms with E-state index in [9.17, 15) is 19.2 Å². The van der Waals surface area contributed by atoms with E-state index in [1.807, 2.05) is 0 Å². The molecule has 4 N–H and O–H groups in total. The third-order valence-corrected chi connectivity index (χ3v) is 2.35. The van der Waals surface area contributed by atoms with Gasteiger partial charge in [0.05, 0.1) is 12.4 Å². The van der Waals surface area contributed by atoms with Gasteiger partial charge in [-0.15, -0.1) is 0 Å². The van der Waals surface area contributed by atoms with Crippen LogP contribution in [0.1, 0.15) is 27.7 Å². The van der Waals surface area contributed by atoms with Gasteiger partial charge >= 0.3 is 11.9 Å². The molecule has 120 valence electrons. The molecule has 2 amide bonds. The zero-order valence-electron chi connectivity index (χ0n) is 11.4. The average Bonchev–Trinajstić information content (AvgIpc) is 3.07. The van der Waals surface area contributed by atoms with Crippen LogP contribution >= 0.6 is 0 Å². The molecular weight excluding hydrogens is 312 g/mol. The fourth-order valence-corrected chi connectivity index (χ4v) is 1.48. The zero-order valence-corrected chi connectivity index (χ0v) is 11.4. The molecule has 23 heavy (non-hydrogen) atoms. The highest BCUT2D eigenvalue weighted by Crippen LogP contribution is 1.97. The second-order valence-corrected chi connectivity index (χ2v) is 3.99. The van der Waals surface area contributed by atoms with Gasteiger partial charge < -0.3 is 21.1 Å². The first-order valence-electron chi connectivity index (χ1n) is 5.97. The number of amides is 2. The van der Waals surface area contributed by atoms with Gasteiger partial charge in [0, 0.05) is 12.4 Å². The first-order chi connectivity index (χ1) is 10.9. The van der Waals surface area contributed by atoms with Crippen molar-refractivity contribution in [1.29, 1.82) is 0 Å². The van der Waals surface area contributed by atoms with E-state index in [4.69, 9.17) is 21.1 Å². The lowest BCUT2D eigenvalue weighted by Crippen LogP contribution is -2.31. The molecule has 0 saturated heterocycles. The third-order valence-electron chi connectivity index (χ3n) is 2.35. The number of aromatic nitrogens is 4. The largest absolute Gasteiger partial charge is 0.363 e. The van der Waals surface area contributed by atoms with Crippen LogP contribution in [0.3, 0.4) is 0 Å². The fourth-order valence-electron chi connectivity index (χ4n) is 1.48. The lowest BCUT2D eigenvalue weighted by Gasteiger charge is -2.07. The second-order valence-electron chi connectivity index (χ2n) is 3.99. The Morgan fingerprint density at radius 2 is 1.26 bits per heavy atom. The van der Waals surface area contributed by atoms with Crippen LogP contribution in [0.2, 0.25) is 0 Å². The van der Waals surface area contributed by atoms with Gasteiger partial charge in [-0.05, 0) is 0 Å². The minimum atomic E-state index is -1.05. The van der Waals surface area contributed by atoms with Crippen LogP contribution in [0.5, 0.6) is 0 Å². The standard InChI is InChI=1S/C11H10N6O6/c12-8(20)10-14-1-3-16(10)22-6(18)5-7(19)23-17-4-2-15-11(17)9(13)21/h1-4H,5H2,(H2,12,20)(H2,13,21). The minimum absolute atomic E-state index is 0.322. The van der Waals surface area contributed by atoms with Gasteiger partial charge in [-0.1, -0.05) is 0 Å². The number of hydrogen-bond donors (Lipinski definition) is 2. The summed E-state index contributed by atoms with van der Waals surface area (Å²) < 4.78 is 1.42. The maximum Gasteiger partial charge on any atom is 0.344 e. The van der Waals surface area contributed by atoms with Crippen molar-refractivity contribution in [3.8, 4) is 0 Å². The number of nitrogens with two attached hydrogens (primary N) is 2. The maximum absolute atomic E-state index is 11.6. The molecule has 2 heterocycles. The molecule has 0 aromatic carbocycles. The van der Waals surface area contributed by atoms with E-state index in [0.717, 1.165) is 12.4 Å². The summed E-state index contributed by atoms with van der Waals surface area (Å²) in [6.45, 7) is 0. The molecule has 2 rings (SSSR count). The van der Waals surface area contributed by atoms with E-state index < -0.39 is 30.2 Å². The molecule has 12 heteroatoms. The lowest BCUT2D eigenvalue weighted by atomic mass is 10.4. The highest BCUT2D eigenvalue weighted by molar-refractivity contribution is 5.93. The van der Waals surface area contributed by atoms with E-state index in [2.05, 4.69) is 9.97 Å². The zero-order chi connectivity index (χ0) is 17.0. The van der Waals surface area contributed by atoms with Gasteiger partial charge in [-0.3, -0.25) is 9.59 Å². The van der Waals surface area contributed by atoms with Crippen LogP contribution in [0.4, 0.5) is 0 Å². The summed E-state index contributed by atoms with van der Waals surface area (Å²) in [6, 6.07) is 0. The van der Waals surface area contributed by atoms with Crippen LogP contribution in [-0.4, -0.2) is 43.2 Å². The van der Waals surface area contributed by atoms with E-state index >= 15 is 0 Å². The highest BCUT2D eigenvalue weighted by atomic mass is 16.7. The summed E-state index contributed by atoms with van der Waals surface area (Å²) in [7, 11) is 0. The molecule has 2 aromatic rings. The van der Waals surface area contributed by atoms with Crippen molar-refractivity contribution in [2.45, 2.75) is 6.42 Å². The Labute approximate surface area is 127 Å². The Morgan fingerprint density at radius 1 is 0.870 bits per heavy atom. The Kier molecular flexibility index (Phi) is 4.35.